The highest BCUT2D eigenvalue weighted by molar-refractivity contribution is 9.10. The van der Waals surface area contributed by atoms with E-state index in [9.17, 15) is 0 Å². The monoisotopic (exact) mass is 425 g/mol. The molecule has 2 aromatic heterocycles. The fraction of sp³-hybridized carbons (Fsp3) is 0.0400. The molecular formula is C25H18BrN2+. The average Bonchev–Trinajstić information content (AvgIpc) is 2.73. The predicted molar refractivity (Wildman–Crippen MR) is 119 cm³/mol. The molecule has 0 radical (unpaired) electrons. The smallest absolute Gasteiger partial charge is 0.177 e. The zero-order valence-corrected chi connectivity index (χ0v) is 17.0. The molecule has 2 heterocycles. The molecule has 0 amide bonds. The van der Waals surface area contributed by atoms with Crippen LogP contribution in [0.1, 0.15) is 0 Å². The van der Waals surface area contributed by atoms with Gasteiger partial charge in [0.05, 0.1) is 16.8 Å². The largest absolute Gasteiger partial charge is 0.247 e. The second kappa shape index (κ2) is 6.84. The van der Waals surface area contributed by atoms with E-state index in [0.717, 1.165) is 21.2 Å². The van der Waals surface area contributed by atoms with Crippen molar-refractivity contribution in [2.75, 3.05) is 0 Å². The van der Waals surface area contributed by atoms with Gasteiger partial charge in [0, 0.05) is 15.9 Å². The first-order chi connectivity index (χ1) is 13.7. The summed E-state index contributed by atoms with van der Waals surface area (Å²) in [5.41, 5.74) is 5.50. The molecule has 5 aromatic rings. The fourth-order valence-electron chi connectivity index (χ4n) is 3.75. The van der Waals surface area contributed by atoms with Gasteiger partial charge >= 0.3 is 0 Å². The van der Waals surface area contributed by atoms with Gasteiger partial charge < -0.3 is 0 Å². The molecule has 0 spiro atoms. The third-order valence-corrected chi connectivity index (χ3v) is 5.62. The van der Waals surface area contributed by atoms with Crippen LogP contribution in [0.2, 0.25) is 0 Å². The van der Waals surface area contributed by atoms with Gasteiger partial charge in [-0.3, -0.25) is 0 Å². The molecule has 0 saturated heterocycles. The van der Waals surface area contributed by atoms with E-state index in [4.69, 9.17) is 4.98 Å². The van der Waals surface area contributed by atoms with E-state index in [1.165, 1.54) is 27.3 Å². The van der Waals surface area contributed by atoms with Crippen molar-refractivity contribution in [2.24, 2.45) is 7.05 Å². The second-order valence-electron chi connectivity index (χ2n) is 7.00. The van der Waals surface area contributed by atoms with Crippen LogP contribution in [0, 0.1) is 0 Å². The summed E-state index contributed by atoms with van der Waals surface area (Å²) in [6.07, 6.45) is 4.15. The average molecular weight is 426 g/mol. The maximum atomic E-state index is 5.02. The Kier molecular flexibility index (Phi) is 4.18. The molecule has 0 saturated carbocycles. The van der Waals surface area contributed by atoms with Crippen LogP contribution < -0.4 is 4.57 Å². The molecule has 0 atom stereocenters. The minimum atomic E-state index is 0.983. The van der Waals surface area contributed by atoms with Crippen LogP contribution in [-0.2, 0) is 7.05 Å². The predicted octanol–water partition coefficient (Wildman–Crippen LogP) is 6.31. The highest BCUT2D eigenvalue weighted by Crippen LogP contribution is 2.36. The third kappa shape index (κ3) is 2.98. The minimum absolute atomic E-state index is 0.983. The van der Waals surface area contributed by atoms with Crippen molar-refractivity contribution in [3.8, 4) is 22.4 Å². The van der Waals surface area contributed by atoms with Gasteiger partial charge in [-0.05, 0) is 52.2 Å². The van der Waals surface area contributed by atoms with E-state index in [0.29, 0.717) is 0 Å². The van der Waals surface area contributed by atoms with Crippen molar-refractivity contribution in [1.29, 1.82) is 0 Å². The number of aromatic nitrogens is 2. The van der Waals surface area contributed by atoms with Gasteiger partial charge in [0.25, 0.3) is 0 Å². The van der Waals surface area contributed by atoms with Gasteiger partial charge in [-0.2, -0.15) is 0 Å². The number of hydrogen-bond acceptors (Lipinski definition) is 1. The van der Waals surface area contributed by atoms with Crippen LogP contribution in [0.4, 0.5) is 0 Å². The number of nitrogens with zero attached hydrogens (tertiary/aromatic N) is 2. The van der Waals surface area contributed by atoms with E-state index < -0.39 is 0 Å². The summed E-state index contributed by atoms with van der Waals surface area (Å²) in [6, 6.07) is 27.7. The van der Waals surface area contributed by atoms with Crippen molar-refractivity contribution in [1.82, 2.24) is 4.98 Å². The molecule has 0 fully saturated rings. The highest BCUT2D eigenvalue weighted by atomic mass is 79.9. The molecule has 2 nitrogen and oxygen atoms in total. The SMILES string of the molecule is C[n+]1cccc(-c2cc(-c3ccc(Br)cc3)c3c(ccc4ccccc43)n2)c1. The maximum absolute atomic E-state index is 5.02. The highest BCUT2D eigenvalue weighted by Gasteiger charge is 2.13. The normalized spacial score (nSPS) is 11.2. The van der Waals surface area contributed by atoms with Crippen LogP contribution in [0.25, 0.3) is 44.1 Å². The molecule has 0 unspecified atom stereocenters. The summed E-state index contributed by atoms with van der Waals surface area (Å²) in [5, 5.41) is 3.66. The lowest BCUT2D eigenvalue weighted by Crippen LogP contribution is -2.26. The van der Waals surface area contributed by atoms with Crippen LogP contribution >= 0.6 is 15.9 Å². The molecule has 0 N–H and O–H groups in total. The summed E-state index contributed by atoms with van der Waals surface area (Å²) in [5.74, 6) is 0. The van der Waals surface area contributed by atoms with Crippen molar-refractivity contribution in [2.45, 2.75) is 0 Å². The molecular weight excluding hydrogens is 408 g/mol. The first kappa shape index (κ1) is 17.1. The van der Waals surface area contributed by atoms with Gasteiger partial charge in [-0.15, -0.1) is 0 Å². The number of fused-ring (bicyclic) bond motifs is 3. The Bertz CT molecular complexity index is 1320. The van der Waals surface area contributed by atoms with Crippen molar-refractivity contribution in [3.63, 3.8) is 0 Å². The van der Waals surface area contributed by atoms with Crippen molar-refractivity contribution in [3.05, 3.63) is 95.7 Å². The van der Waals surface area contributed by atoms with Crippen LogP contribution in [0.15, 0.2) is 95.7 Å². The van der Waals surface area contributed by atoms with E-state index in [-0.39, 0.29) is 0 Å². The van der Waals surface area contributed by atoms with Crippen molar-refractivity contribution >= 4 is 37.6 Å². The second-order valence-corrected chi connectivity index (χ2v) is 7.92. The Morgan fingerprint density at radius 1 is 0.821 bits per heavy atom. The van der Waals surface area contributed by atoms with E-state index in [1.54, 1.807) is 0 Å². The first-order valence-electron chi connectivity index (χ1n) is 9.23. The topological polar surface area (TPSA) is 16.8 Å². The summed E-state index contributed by atoms with van der Waals surface area (Å²) in [4.78, 5) is 5.02. The molecule has 3 heteroatoms. The molecule has 3 aromatic carbocycles. The van der Waals surface area contributed by atoms with Gasteiger partial charge in [-0.25, -0.2) is 9.55 Å². The maximum Gasteiger partial charge on any atom is 0.177 e. The Morgan fingerprint density at radius 2 is 1.64 bits per heavy atom. The molecule has 134 valence electrons. The van der Waals surface area contributed by atoms with Gasteiger partial charge in [0.1, 0.15) is 7.05 Å². The lowest BCUT2D eigenvalue weighted by atomic mass is 9.95. The fourth-order valence-corrected chi connectivity index (χ4v) is 4.02. The quantitative estimate of drug-likeness (QED) is 0.239. The molecule has 0 bridgehead atoms. The zero-order chi connectivity index (χ0) is 19.1. The zero-order valence-electron chi connectivity index (χ0n) is 15.4. The molecule has 0 aliphatic carbocycles. The van der Waals surface area contributed by atoms with E-state index in [2.05, 4.69) is 106 Å². The van der Waals surface area contributed by atoms with Crippen LogP contribution in [0.3, 0.4) is 0 Å². The molecule has 28 heavy (non-hydrogen) atoms. The lowest BCUT2D eigenvalue weighted by molar-refractivity contribution is -0.671. The van der Waals surface area contributed by atoms with Crippen LogP contribution in [-0.4, -0.2) is 4.98 Å². The number of benzene rings is 3. The van der Waals surface area contributed by atoms with Gasteiger partial charge in [-0.1, -0.05) is 58.4 Å². The molecule has 5 rings (SSSR count). The Labute approximate surface area is 172 Å². The Morgan fingerprint density at radius 3 is 2.46 bits per heavy atom. The van der Waals surface area contributed by atoms with Gasteiger partial charge in [0.2, 0.25) is 0 Å². The van der Waals surface area contributed by atoms with Crippen molar-refractivity contribution < 1.29 is 4.57 Å². The van der Waals surface area contributed by atoms with Crippen LogP contribution in [0.5, 0.6) is 0 Å². The number of aryl methyl sites for hydroxylation is 1. The van der Waals surface area contributed by atoms with E-state index in [1.807, 2.05) is 13.2 Å². The molecule has 0 aliphatic rings. The summed E-state index contributed by atoms with van der Waals surface area (Å²) < 4.78 is 3.13. The Balaban J connectivity index is 1.89. The molecule has 0 aliphatic heterocycles. The lowest BCUT2D eigenvalue weighted by Gasteiger charge is -2.12. The third-order valence-electron chi connectivity index (χ3n) is 5.09. The number of pyridine rings is 2. The number of halogens is 1. The summed E-state index contributed by atoms with van der Waals surface area (Å²) in [7, 11) is 2.04. The summed E-state index contributed by atoms with van der Waals surface area (Å²) >= 11 is 3.55. The number of rotatable bonds is 2. The Hall–Kier alpha value is -3.04. The minimum Gasteiger partial charge on any atom is -0.247 e. The van der Waals surface area contributed by atoms with E-state index >= 15 is 0 Å². The first-order valence-corrected chi connectivity index (χ1v) is 10.0. The standard InChI is InChI=1S/C25H18BrN2/c1-28-14-4-6-19(16-28)24-15-22(18-8-11-20(26)12-9-18)25-21-7-3-2-5-17(21)10-13-23(25)27-24/h2-16H,1H3/q+1. The summed E-state index contributed by atoms with van der Waals surface area (Å²) in [6.45, 7) is 0. The number of hydrogen-bond donors (Lipinski definition) is 0. The van der Waals surface area contributed by atoms with Gasteiger partial charge in [0.15, 0.2) is 12.4 Å².